The molecular weight excluding hydrogens is 391 g/mol. The van der Waals surface area contributed by atoms with Crippen LogP contribution in [0.5, 0.6) is 0 Å². The fourth-order valence-electron chi connectivity index (χ4n) is 4.23. The van der Waals surface area contributed by atoms with Crippen molar-refractivity contribution in [1.82, 2.24) is 14.7 Å². The molecule has 6 heteroatoms. The number of hydrogen-bond donors (Lipinski definition) is 0. The third-order valence-corrected chi connectivity index (χ3v) is 6.12. The second-order valence-corrected chi connectivity index (χ2v) is 8.21. The summed E-state index contributed by atoms with van der Waals surface area (Å²) < 4.78 is 14.0. The van der Waals surface area contributed by atoms with Crippen LogP contribution in [-0.2, 0) is 4.79 Å². The lowest BCUT2D eigenvalue weighted by Gasteiger charge is -2.38. The highest BCUT2D eigenvalue weighted by Crippen LogP contribution is 2.20. The van der Waals surface area contributed by atoms with Gasteiger partial charge in [-0.15, -0.1) is 0 Å². The topological polar surface area (TPSA) is 30.0 Å². The molecular formula is C25H31FN4O. The van der Waals surface area contributed by atoms with Crippen LogP contribution in [0.3, 0.4) is 0 Å². The van der Waals surface area contributed by atoms with Crippen molar-refractivity contribution < 1.29 is 9.18 Å². The maximum Gasteiger partial charge on any atom is 0.236 e. The van der Waals surface area contributed by atoms with Gasteiger partial charge in [-0.25, -0.2) is 4.39 Å². The summed E-state index contributed by atoms with van der Waals surface area (Å²) in [6.07, 6.45) is 4.38. The van der Waals surface area contributed by atoms with Gasteiger partial charge in [-0.1, -0.05) is 54.6 Å². The van der Waals surface area contributed by atoms with E-state index in [-0.39, 0.29) is 11.7 Å². The number of para-hydroxylation sites is 1. The van der Waals surface area contributed by atoms with Crippen LogP contribution >= 0.6 is 0 Å². The van der Waals surface area contributed by atoms with Gasteiger partial charge in [0.1, 0.15) is 5.82 Å². The molecule has 0 bridgehead atoms. The predicted octanol–water partition coefficient (Wildman–Crippen LogP) is 2.81. The molecule has 0 N–H and O–H groups in total. The van der Waals surface area contributed by atoms with Gasteiger partial charge in [0.2, 0.25) is 5.91 Å². The lowest BCUT2D eigenvalue weighted by Crippen LogP contribution is -2.54. The Kier molecular flexibility index (Phi) is 7.33. The van der Waals surface area contributed by atoms with E-state index in [0.717, 1.165) is 32.7 Å². The Bertz CT molecular complexity index is 872. The van der Waals surface area contributed by atoms with Crippen molar-refractivity contribution >= 4 is 17.7 Å². The molecule has 4 rings (SSSR count). The van der Waals surface area contributed by atoms with E-state index in [1.165, 1.54) is 11.6 Å². The summed E-state index contributed by atoms with van der Waals surface area (Å²) in [6, 6.07) is 17.2. The lowest BCUT2D eigenvalue weighted by molar-refractivity contribution is -0.133. The van der Waals surface area contributed by atoms with Crippen LogP contribution in [0.2, 0.25) is 0 Å². The summed E-state index contributed by atoms with van der Waals surface area (Å²) in [5.74, 6) is -0.00984. The highest BCUT2D eigenvalue weighted by Gasteiger charge is 2.25. The molecule has 0 aromatic heterocycles. The van der Waals surface area contributed by atoms with E-state index >= 15 is 0 Å². The molecule has 0 unspecified atom stereocenters. The molecule has 0 spiro atoms. The number of anilines is 1. The number of hydrogen-bond acceptors (Lipinski definition) is 4. The zero-order chi connectivity index (χ0) is 21.5. The van der Waals surface area contributed by atoms with Gasteiger partial charge in [-0.2, -0.15) is 0 Å². The van der Waals surface area contributed by atoms with Crippen molar-refractivity contribution in [3.63, 3.8) is 0 Å². The summed E-state index contributed by atoms with van der Waals surface area (Å²) in [4.78, 5) is 21.4. The predicted molar refractivity (Wildman–Crippen MR) is 124 cm³/mol. The molecule has 5 nitrogen and oxygen atoms in total. The van der Waals surface area contributed by atoms with E-state index in [2.05, 4.69) is 46.2 Å². The largest absolute Gasteiger partial charge is 0.366 e. The summed E-state index contributed by atoms with van der Waals surface area (Å²) >= 11 is 0. The Balaban J connectivity index is 1.17. The number of piperazine rings is 2. The van der Waals surface area contributed by atoms with E-state index in [1.54, 1.807) is 12.1 Å². The molecule has 2 aliphatic heterocycles. The Morgan fingerprint density at radius 3 is 2.16 bits per heavy atom. The van der Waals surface area contributed by atoms with Gasteiger partial charge in [0, 0.05) is 58.9 Å². The minimum absolute atomic E-state index is 0.186. The molecule has 2 aromatic carbocycles. The van der Waals surface area contributed by atoms with Crippen LogP contribution in [0, 0.1) is 5.82 Å². The van der Waals surface area contributed by atoms with Crippen molar-refractivity contribution in [1.29, 1.82) is 0 Å². The molecule has 2 heterocycles. The van der Waals surface area contributed by atoms with E-state index < -0.39 is 0 Å². The second kappa shape index (κ2) is 10.6. The average molecular weight is 423 g/mol. The molecule has 164 valence electrons. The number of carbonyl (C=O) groups excluding carboxylic acids is 1. The maximum atomic E-state index is 14.0. The van der Waals surface area contributed by atoms with Crippen LogP contribution in [0.4, 0.5) is 10.1 Å². The van der Waals surface area contributed by atoms with Crippen LogP contribution in [0.25, 0.3) is 6.08 Å². The standard InChI is InChI=1S/C25H31FN4O/c26-23-10-4-5-11-24(23)29-17-19-30(20-18-29)25(31)21-28-15-13-27(14-16-28)12-6-9-22-7-2-1-3-8-22/h1-11H,12-21H2/b9-6+. The third-order valence-electron chi connectivity index (χ3n) is 6.12. The second-order valence-electron chi connectivity index (χ2n) is 8.21. The number of rotatable bonds is 6. The zero-order valence-electron chi connectivity index (χ0n) is 18.0. The van der Waals surface area contributed by atoms with Gasteiger partial charge >= 0.3 is 0 Å². The van der Waals surface area contributed by atoms with Crippen LogP contribution in [0.15, 0.2) is 60.7 Å². The lowest BCUT2D eigenvalue weighted by atomic mass is 10.2. The molecule has 1 amide bonds. The minimum atomic E-state index is -0.196. The quantitative estimate of drug-likeness (QED) is 0.716. The molecule has 2 fully saturated rings. The van der Waals surface area contributed by atoms with Crippen molar-refractivity contribution in [2.45, 2.75) is 0 Å². The first kappa shape index (κ1) is 21.5. The molecule has 2 saturated heterocycles. The van der Waals surface area contributed by atoms with Gasteiger partial charge < -0.3 is 9.80 Å². The molecule has 2 aliphatic rings. The Hall–Kier alpha value is -2.70. The maximum absolute atomic E-state index is 14.0. The van der Waals surface area contributed by atoms with E-state index in [9.17, 15) is 9.18 Å². The van der Waals surface area contributed by atoms with Gasteiger partial charge in [0.25, 0.3) is 0 Å². The zero-order valence-corrected chi connectivity index (χ0v) is 18.0. The number of carbonyl (C=O) groups is 1. The number of benzene rings is 2. The summed E-state index contributed by atoms with van der Waals surface area (Å²) in [7, 11) is 0. The SMILES string of the molecule is O=C(CN1CCN(C/C=C/c2ccccc2)CC1)N1CCN(c2ccccc2F)CC1. The molecule has 0 aliphatic carbocycles. The first-order chi connectivity index (χ1) is 15.2. The van der Waals surface area contributed by atoms with Crippen molar-refractivity contribution in [3.05, 3.63) is 72.1 Å². The Morgan fingerprint density at radius 1 is 0.806 bits per heavy atom. The Morgan fingerprint density at radius 2 is 1.45 bits per heavy atom. The Labute approximate surface area is 184 Å². The van der Waals surface area contributed by atoms with Gasteiger partial charge in [0.05, 0.1) is 12.2 Å². The summed E-state index contributed by atoms with van der Waals surface area (Å²) in [5.41, 5.74) is 1.86. The summed E-state index contributed by atoms with van der Waals surface area (Å²) in [5, 5.41) is 0. The molecule has 0 atom stereocenters. The first-order valence-corrected chi connectivity index (χ1v) is 11.1. The van der Waals surface area contributed by atoms with Gasteiger partial charge in [-0.3, -0.25) is 14.6 Å². The molecule has 31 heavy (non-hydrogen) atoms. The average Bonchev–Trinajstić information content (AvgIpc) is 2.81. The van der Waals surface area contributed by atoms with Crippen molar-refractivity contribution in [2.24, 2.45) is 0 Å². The number of nitrogens with zero attached hydrogens (tertiary/aromatic N) is 4. The van der Waals surface area contributed by atoms with Crippen molar-refractivity contribution in [3.8, 4) is 0 Å². The smallest absolute Gasteiger partial charge is 0.236 e. The van der Waals surface area contributed by atoms with E-state index in [1.807, 2.05) is 21.9 Å². The molecule has 0 radical (unpaired) electrons. The summed E-state index contributed by atoms with van der Waals surface area (Å²) in [6.45, 7) is 7.86. The highest BCUT2D eigenvalue weighted by molar-refractivity contribution is 5.78. The van der Waals surface area contributed by atoms with E-state index in [0.29, 0.717) is 38.4 Å². The van der Waals surface area contributed by atoms with Gasteiger partial charge in [0.15, 0.2) is 0 Å². The fourth-order valence-corrected chi connectivity index (χ4v) is 4.23. The van der Waals surface area contributed by atoms with E-state index in [4.69, 9.17) is 0 Å². The monoisotopic (exact) mass is 422 g/mol. The minimum Gasteiger partial charge on any atom is -0.366 e. The normalized spacial score (nSPS) is 18.6. The molecule has 2 aromatic rings. The number of amides is 1. The van der Waals surface area contributed by atoms with Gasteiger partial charge in [-0.05, 0) is 17.7 Å². The number of halogens is 1. The fraction of sp³-hybridized carbons (Fsp3) is 0.400. The van der Waals surface area contributed by atoms with Crippen LogP contribution < -0.4 is 4.90 Å². The van der Waals surface area contributed by atoms with Crippen LogP contribution in [-0.4, -0.2) is 86.1 Å². The molecule has 0 saturated carbocycles. The first-order valence-electron chi connectivity index (χ1n) is 11.1. The third kappa shape index (κ3) is 5.93. The van der Waals surface area contributed by atoms with Crippen LogP contribution in [0.1, 0.15) is 5.56 Å². The highest BCUT2D eigenvalue weighted by atomic mass is 19.1. The van der Waals surface area contributed by atoms with Crippen molar-refractivity contribution in [2.75, 3.05) is 70.3 Å².